The van der Waals surface area contributed by atoms with E-state index in [0.717, 1.165) is 36.9 Å². The van der Waals surface area contributed by atoms with Crippen LogP contribution in [-0.4, -0.2) is 33.7 Å². The first-order valence-corrected chi connectivity index (χ1v) is 9.95. The smallest absolute Gasteiger partial charge is 0.233 e. The minimum atomic E-state index is -0.628. The number of halogens is 2. The van der Waals surface area contributed by atoms with Crippen LogP contribution in [0, 0.1) is 11.6 Å². The maximum atomic E-state index is 14.5. The number of para-hydroxylation sites is 2. The normalized spacial score (nSPS) is 14.9. The van der Waals surface area contributed by atoms with Crippen molar-refractivity contribution in [1.82, 2.24) is 19.9 Å². The Kier molecular flexibility index (Phi) is 4.88. The Balaban J connectivity index is 1.60. The minimum Gasteiger partial charge on any atom is -0.473 e. The topological polar surface area (TPSA) is 52.0 Å². The second-order valence-electron chi connectivity index (χ2n) is 7.31. The van der Waals surface area contributed by atoms with Gasteiger partial charge in [0.2, 0.25) is 5.88 Å². The van der Waals surface area contributed by atoms with Crippen molar-refractivity contribution in [2.45, 2.75) is 18.9 Å². The Bertz CT molecular complexity index is 1180. The van der Waals surface area contributed by atoms with E-state index in [0.29, 0.717) is 17.1 Å². The van der Waals surface area contributed by atoms with E-state index in [-0.39, 0.29) is 11.8 Å². The van der Waals surface area contributed by atoms with Crippen LogP contribution in [0.4, 0.5) is 8.78 Å². The van der Waals surface area contributed by atoms with E-state index in [1.54, 1.807) is 18.6 Å². The molecule has 1 saturated heterocycles. The SMILES string of the molecule is Fc1cccc(F)c1-n1cc(-c2cncc(OC3CCNCC3)n2)c2ccccc21. The molecule has 0 aliphatic carbocycles. The van der Waals surface area contributed by atoms with Crippen LogP contribution in [0.25, 0.3) is 27.8 Å². The standard InChI is InChI=1S/C23H20F2N4O/c24-18-5-3-6-19(25)23(18)29-14-17(16-4-1-2-7-21(16)29)20-12-27-13-22(28-20)30-15-8-10-26-11-9-15/h1-7,12-15,26H,8-11H2. The average molecular weight is 406 g/mol. The molecule has 1 fully saturated rings. The van der Waals surface area contributed by atoms with Crippen molar-refractivity contribution < 1.29 is 13.5 Å². The Morgan fingerprint density at radius 1 is 0.967 bits per heavy atom. The van der Waals surface area contributed by atoms with E-state index in [4.69, 9.17) is 4.74 Å². The quantitative estimate of drug-likeness (QED) is 0.542. The van der Waals surface area contributed by atoms with Crippen molar-refractivity contribution in [3.8, 4) is 22.8 Å². The van der Waals surface area contributed by atoms with Crippen molar-refractivity contribution in [2.75, 3.05) is 13.1 Å². The Labute approximate surface area is 172 Å². The second kappa shape index (κ2) is 7.84. The highest BCUT2D eigenvalue weighted by molar-refractivity contribution is 5.96. The van der Waals surface area contributed by atoms with E-state index in [2.05, 4.69) is 15.3 Å². The van der Waals surface area contributed by atoms with Gasteiger partial charge in [0, 0.05) is 17.1 Å². The maximum Gasteiger partial charge on any atom is 0.233 e. The van der Waals surface area contributed by atoms with Gasteiger partial charge in [0.15, 0.2) is 0 Å². The fourth-order valence-corrected chi connectivity index (χ4v) is 3.91. The molecule has 0 radical (unpaired) electrons. The second-order valence-corrected chi connectivity index (χ2v) is 7.31. The van der Waals surface area contributed by atoms with Gasteiger partial charge in [0.05, 0.1) is 23.6 Å². The van der Waals surface area contributed by atoms with Gasteiger partial charge in [-0.25, -0.2) is 13.8 Å². The number of hydrogen-bond donors (Lipinski definition) is 1. The molecule has 0 bridgehead atoms. The summed E-state index contributed by atoms with van der Waals surface area (Å²) in [6, 6.07) is 11.3. The monoisotopic (exact) mass is 406 g/mol. The summed E-state index contributed by atoms with van der Waals surface area (Å²) in [5, 5.41) is 4.13. The molecule has 2 aromatic carbocycles. The highest BCUT2D eigenvalue weighted by Gasteiger charge is 2.19. The number of ether oxygens (including phenoxy) is 1. The first-order valence-electron chi connectivity index (χ1n) is 9.95. The third kappa shape index (κ3) is 3.41. The van der Waals surface area contributed by atoms with Gasteiger partial charge in [0.1, 0.15) is 23.4 Å². The summed E-state index contributed by atoms with van der Waals surface area (Å²) in [6.45, 7) is 1.83. The van der Waals surface area contributed by atoms with Crippen LogP contribution in [0.15, 0.2) is 61.1 Å². The van der Waals surface area contributed by atoms with Crippen LogP contribution in [0.5, 0.6) is 5.88 Å². The first kappa shape index (κ1) is 18.7. The number of benzene rings is 2. The van der Waals surface area contributed by atoms with Gasteiger partial charge in [-0.05, 0) is 44.1 Å². The molecule has 1 N–H and O–H groups in total. The van der Waals surface area contributed by atoms with Gasteiger partial charge >= 0.3 is 0 Å². The van der Waals surface area contributed by atoms with Crippen LogP contribution in [0.2, 0.25) is 0 Å². The molecule has 0 amide bonds. The maximum absolute atomic E-state index is 14.5. The van der Waals surface area contributed by atoms with Crippen molar-refractivity contribution in [2.24, 2.45) is 0 Å². The number of aromatic nitrogens is 3. The number of nitrogens with zero attached hydrogens (tertiary/aromatic N) is 3. The molecule has 0 saturated carbocycles. The summed E-state index contributed by atoms with van der Waals surface area (Å²) in [7, 11) is 0. The van der Waals surface area contributed by atoms with Gasteiger partial charge < -0.3 is 14.6 Å². The number of nitrogens with one attached hydrogen (secondary N) is 1. The summed E-state index contributed by atoms with van der Waals surface area (Å²) in [5.74, 6) is -0.805. The molecule has 152 valence electrons. The fourth-order valence-electron chi connectivity index (χ4n) is 3.91. The zero-order valence-electron chi connectivity index (χ0n) is 16.2. The van der Waals surface area contributed by atoms with Crippen molar-refractivity contribution in [3.05, 3.63) is 72.7 Å². The zero-order valence-corrected chi connectivity index (χ0v) is 16.2. The average Bonchev–Trinajstić information content (AvgIpc) is 3.14. The lowest BCUT2D eigenvalue weighted by Crippen LogP contribution is -2.34. The van der Waals surface area contributed by atoms with Crippen molar-refractivity contribution >= 4 is 10.9 Å². The van der Waals surface area contributed by atoms with Gasteiger partial charge in [-0.1, -0.05) is 24.3 Å². The van der Waals surface area contributed by atoms with E-state index in [1.165, 1.54) is 22.8 Å². The van der Waals surface area contributed by atoms with Gasteiger partial charge in [0.25, 0.3) is 0 Å². The number of piperidine rings is 1. The van der Waals surface area contributed by atoms with Gasteiger partial charge in [-0.15, -0.1) is 0 Å². The molecular formula is C23H20F2N4O. The highest BCUT2D eigenvalue weighted by Crippen LogP contribution is 2.33. The van der Waals surface area contributed by atoms with E-state index in [1.807, 2.05) is 24.3 Å². The van der Waals surface area contributed by atoms with E-state index >= 15 is 0 Å². The molecule has 7 heteroatoms. The lowest BCUT2D eigenvalue weighted by Gasteiger charge is -2.23. The summed E-state index contributed by atoms with van der Waals surface area (Å²) in [6.07, 6.45) is 6.87. The highest BCUT2D eigenvalue weighted by atomic mass is 19.1. The van der Waals surface area contributed by atoms with E-state index < -0.39 is 11.6 Å². The Hall–Kier alpha value is -3.32. The van der Waals surface area contributed by atoms with Gasteiger partial charge in [-0.3, -0.25) is 4.98 Å². The molecule has 0 unspecified atom stereocenters. The Morgan fingerprint density at radius 3 is 2.53 bits per heavy atom. The van der Waals surface area contributed by atoms with E-state index in [9.17, 15) is 8.78 Å². The van der Waals surface area contributed by atoms with Crippen molar-refractivity contribution in [1.29, 1.82) is 0 Å². The largest absolute Gasteiger partial charge is 0.473 e. The fraction of sp³-hybridized carbons (Fsp3) is 0.217. The predicted molar refractivity (Wildman–Crippen MR) is 111 cm³/mol. The Morgan fingerprint density at radius 2 is 1.73 bits per heavy atom. The molecule has 1 aliphatic heterocycles. The predicted octanol–water partition coefficient (Wildman–Crippen LogP) is 4.50. The molecular weight excluding hydrogens is 386 g/mol. The zero-order chi connectivity index (χ0) is 20.5. The molecule has 2 aromatic heterocycles. The third-order valence-corrected chi connectivity index (χ3v) is 5.35. The number of fused-ring (bicyclic) bond motifs is 1. The summed E-state index contributed by atoms with van der Waals surface area (Å²) >= 11 is 0. The molecule has 5 nitrogen and oxygen atoms in total. The minimum absolute atomic E-state index is 0.102. The molecule has 5 rings (SSSR count). The number of rotatable bonds is 4. The lowest BCUT2D eigenvalue weighted by atomic mass is 10.1. The summed E-state index contributed by atoms with van der Waals surface area (Å²) in [4.78, 5) is 8.92. The molecule has 30 heavy (non-hydrogen) atoms. The molecule has 4 aromatic rings. The summed E-state index contributed by atoms with van der Waals surface area (Å²) in [5.41, 5.74) is 1.89. The van der Waals surface area contributed by atoms with Crippen molar-refractivity contribution in [3.63, 3.8) is 0 Å². The molecule has 0 atom stereocenters. The number of hydrogen-bond acceptors (Lipinski definition) is 4. The molecule has 1 aliphatic rings. The lowest BCUT2D eigenvalue weighted by molar-refractivity contribution is 0.155. The van der Waals surface area contributed by atoms with Crippen LogP contribution >= 0.6 is 0 Å². The van der Waals surface area contributed by atoms with Crippen LogP contribution in [0.1, 0.15) is 12.8 Å². The van der Waals surface area contributed by atoms with Crippen LogP contribution in [-0.2, 0) is 0 Å². The van der Waals surface area contributed by atoms with Crippen LogP contribution < -0.4 is 10.1 Å². The van der Waals surface area contributed by atoms with Crippen LogP contribution in [0.3, 0.4) is 0 Å². The van der Waals surface area contributed by atoms with Gasteiger partial charge in [-0.2, -0.15) is 0 Å². The third-order valence-electron chi connectivity index (χ3n) is 5.35. The first-order chi connectivity index (χ1) is 14.7. The summed E-state index contributed by atoms with van der Waals surface area (Å²) < 4.78 is 36.5. The molecule has 0 spiro atoms. The molecule has 3 heterocycles.